The number of amides is 1. The summed E-state index contributed by atoms with van der Waals surface area (Å²) in [5.74, 6) is 0.103. The molecule has 1 aromatic carbocycles. The number of carbonyl (C=O) groups is 1. The molecule has 1 atom stereocenters. The van der Waals surface area contributed by atoms with Crippen molar-refractivity contribution in [2.45, 2.75) is 31.8 Å². The number of aryl methyl sites for hydroxylation is 1. The van der Waals surface area contributed by atoms with E-state index in [1.54, 1.807) is 7.11 Å². The predicted molar refractivity (Wildman–Crippen MR) is 83.4 cm³/mol. The molecule has 0 saturated heterocycles. The second kappa shape index (κ2) is 8.25. The van der Waals surface area contributed by atoms with Gasteiger partial charge in [-0.25, -0.2) is 0 Å². The normalized spacial score (nSPS) is 15.8. The maximum atomic E-state index is 12.4. The highest BCUT2D eigenvalue weighted by atomic mass is 35.5. The summed E-state index contributed by atoms with van der Waals surface area (Å²) in [5.41, 5.74) is 7.90. The van der Waals surface area contributed by atoms with Gasteiger partial charge < -0.3 is 15.4 Å². The maximum absolute atomic E-state index is 12.4. The lowest BCUT2D eigenvalue weighted by molar-refractivity contribution is -0.120. The van der Waals surface area contributed by atoms with E-state index >= 15 is 0 Å². The van der Waals surface area contributed by atoms with E-state index in [0.29, 0.717) is 13.0 Å². The molecule has 0 aromatic heterocycles. The first-order chi connectivity index (χ1) is 9.26. The van der Waals surface area contributed by atoms with Gasteiger partial charge in [0.05, 0.1) is 12.5 Å². The zero-order valence-electron chi connectivity index (χ0n) is 11.9. The van der Waals surface area contributed by atoms with Gasteiger partial charge in [-0.2, -0.15) is 0 Å². The van der Waals surface area contributed by atoms with E-state index in [2.05, 4.69) is 6.07 Å². The number of halogens is 1. The number of para-hydroxylation sites is 1. The number of anilines is 1. The van der Waals surface area contributed by atoms with Crippen LogP contribution in [0.3, 0.4) is 0 Å². The molecule has 5 heteroatoms. The third-order valence-electron chi connectivity index (χ3n) is 3.66. The zero-order valence-corrected chi connectivity index (χ0v) is 12.7. The number of methoxy groups -OCH3 is 1. The first kappa shape index (κ1) is 17.0. The van der Waals surface area contributed by atoms with E-state index in [4.69, 9.17) is 10.5 Å². The SMILES string of the molecule is COC(CN)CC(=O)N1CCCCc2ccccc21.Cl. The van der Waals surface area contributed by atoms with Crippen LogP contribution in [0.2, 0.25) is 0 Å². The van der Waals surface area contributed by atoms with Gasteiger partial charge in [0.15, 0.2) is 0 Å². The summed E-state index contributed by atoms with van der Waals surface area (Å²) in [7, 11) is 1.60. The topological polar surface area (TPSA) is 55.6 Å². The molecule has 2 N–H and O–H groups in total. The van der Waals surface area contributed by atoms with Crippen LogP contribution in [0.4, 0.5) is 5.69 Å². The summed E-state index contributed by atoms with van der Waals surface area (Å²) in [4.78, 5) is 14.3. The van der Waals surface area contributed by atoms with Crippen molar-refractivity contribution in [3.8, 4) is 0 Å². The number of nitrogens with zero attached hydrogens (tertiary/aromatic N) is 1. The van der Waals surface area contributed by atoms with Crippen molar-refractivity contribution in [2.75, 3.05) is 25.1 Å². The first-order valence-corrected chi connectivity index (χ1v) is 6.87. The molecule has 4 nitrogen and oxygen atoms in total. The van der Waals surface area contributed by atoms with E-state index < -0.39 is 0 Å². The average Bonchev–Trinajstić information content (AvgIpc) is 2.66. The smallest absolute Gasteiger partial charge is 0.229 e. The van der Waals surface area contributed by atoms with Crippen molar-refractivity contribution in [3.63, 3.8) is 0 Å². The highest BCUT2D eigenvalue weighted by molar-refractivity contribution is 5.94. The molecule has 1 unspecified atom stereocenters. The fourth-order valence-corrected chi connectivity index (χ4v) is 2.52. The van der Waals surface area contributed by atoms with Crippen LogP contribution in [0.15, 0.2) is 24.3 Å². The molecule has 2 rings (SSSR count). The van der Waals surface area contributed by atoms with Crippen LogP contribution >= 0.6 is 12.4 Å². The Hall–Kier alpha value is -1.10. The van der Waals surface area contributed by atoms with Crippen LogP contribution in [0.5, 0.6) is 0 Å². The Bertz CT molecular complexity index is 436. The minimum Gasteiger partial charge on any atom is -0.380 e. The van der Waals surface area contributed by atoms with Crippen molar-refractivity contribution >= 4 is 24.0 Å². The van der Waals surface area contributed by atoms with Gasteiger partial charge in [0, 0.05) is 25.9 Å². The van der Waals surface area contributed by atoms with Gasteiger partial charge in [0.2, 0.25) is 5.91 Å². The maximum Gasteiger partial charge on any atom is 0.229 e. The number of nitrogens with two attached hydrogens (primary N) is 1. The lowest BCUT2D eigenvalue weighted by atomic mass is 10.1. The van der Waals surface area contributed by atoms with Gasteiger partial charge in [-0.1, -0.05) is 18.2 Å². The second-order valence-electron chi connectivity index (χ2n) is 4.93. The summed E-state index contributed by atoms with van der Waals surface area (Å²) in [6.07, 6.45) is 3.38. The molecule has 0 spiro atoms. The molecule has 0 aliphatic carbocycles. The molecule has 0 fully saturated rings. The highest BCUT2D eigenvalue weighted by Gasteiger charge is 2.22. The van der Waals surface area contributed by atoms with Crippen LogP contribution < -0.4 is 10.6 Å². The van der Waals surface area contributed by atoms with Crippen molar-refractivity contribution < 1.29 is 9.53 Å². The number of rotatable bonds is 4. The van der Waals surface area contributed by atoms with Gasteiger partial charge in [-0.3, -0.25) is 4.79 Å². The zero-order chi connectivity index (χ0) is 13.7. The Labute approximate surface area is 126 Å². The van der Waals surface area contributed by atoms with Crippen molar-refractivity contribution in [1.29, 1.82) is 0 Å². The fourth-order valence-electron chi connectivity index (χ4n) is 2.52. The molecule has 20 heavy (non-hydrogen) atoms. The van der Waals surface area contributed by atoms with E-state index in [9.17, 15) is 4.79 Å². The van der Waals surface area contributed by atoms with E-state index in [-0.39, 0.29) is 24.4 Å². The lowest BCUT2D eigenvalue weighted by Crippen LogP contribution is -2.36. The minimum absolute atomic E-state index is 0. The Morgan fingerprint density at radius 3 is 2.85 bits per heavy atom. The molecule has 0 saturated carbocycles. The van der Waals surface area contributed by atoms with E-state index in [1.807, 2.05) is 23.1 Å². The molecule has 1 aliphatic rings. The highest BCUT2D eigenvalue weighted by Crippen LogP contribution is 2.26. The summed E-state index contributed by atoms with van der Waals surface area (Å²) in [6.45, 7) is 1.16. The van der Waals surface area contributed by atoms with Gasteiger partial charge in [0.25, 0.3) is 0 Å². The summed E-state index contributed by atoms with van der Waals surface area (Å²) in [5, 5.41) is 0. The van der Waals surface area contributed by atoms with Gasteiger partial charge in [0.1, 0.15) is 0 Å². The largest absolute Gasteiger partial charge is 0.380 e. The monoisotopic (exact) mass is 298 g/mol. The summed E-state index contributed by atoms with van der Waals surface area (Å²) >= 11 is 0. The molecular weight excluding hydrogens is 276 g/mol. The Balaban J connectivity index is 0.00000200. The molecular formula is C15H23ClN2O2. The average molecular weight is 299 g/mol. The second-order valence-corrected chi connectivity index (χ2v) is 4.93. The number of hydrogen-bond donors (Lipinski definition) is 1. The lowest BCUT2D eigenvalue weighted by Gasteiger charge is -2.24. The van der Waals surface area contributed by atoms with Crippen LogP contribution in [0.25, 0.3) is 0 Å². The number of fused-ring (bicyclic) bond motifs is 1. The third-order valence-corrected chi connectivity index (χ3v) is 3.66. The van der Waals surface area contributed by atoms with Gasteiger partial charge in [-0.05, 0) is 30.9 Å². The molecule has 0 bridgehead atoms. The fraction of sp³-hybridized carbons (Fsp3) is 0.533. The van der Waals surface area contributed by atoms with Gasteiger partial charge in [-0.15, -0.1) is 12.4 Å². The molecule has 1 aromatic rings. The Morgan fingerprint density at radius 2 is 2.15 bits per heavy atom. The number of hydrogen-bond acceptors (Lipinski definition) is 3. The molecule has 1 aliphatic heterocycles. The van der Waals surface area contributed by atoms with Crippen molar-refractivity contribution in [3.05, 3.63) is 29.8 Å². The number of benzene rings is 1. The molecule has 0 radical (unpaired) electrons. The molecule has 112 valence electrons. The van der Waals surface area contributed by atoms with Crippen molar-refractivity contribution in [2.24, 2.45) is 5.73 Å². The van der Waals surface area contributed by atoms with Gasteiger partial charge >= 0.3 is 0 Å². The molecule has 1 amide bonds. The summed E-state index contributed by atoms with van der Waals surface area (Å²) in [6, 6.07) is 8.16. The van der Waals surface area contributed by atoms with Crippen LogP contribution in [-0.4, -0.2) is 32.2 Å². The van der Waals surface area contributed by atoms with E-state index in [1.165, 1.54) is 5.56 Å². The Morgan fingerprint density at radius 1 is 1.40 bits per heavy atom. The van der Waals surface area contributed by atoms with E-state index in [0.717, 1.165) is 31.5 Å². The van der Waals surface area contributed by atoms with Crippen LogP contribution in [0.1, 0.15) is 24.8 Å². The standard InChI is InChI=1S/C15H22N2O2.ClH/c1-19-13(11-16)10-15(18)17-9-5-4-7-12-6-2-3-8-14(12)17;/h2-3,6,8,13H,4-5,7,9-11,16H2,1H3;1H. The number of carbonyl (C=O) groups excluding carboxylic acids is 1. The third kappa shape index (κ3) is 3.95. The molecule has 1 heterocycles. The van der Waals surface area contributed by atoms with Crippen LogP contribution in [0, 0.1) is 0 Å². The number of ether oxygens (including phenoxy) is 1. The minimum atomic E-state index is -0.192. The van der Waals surface area contributed by atoms with Crippen molar-refractivity contribution in [1.82, 2.24) is 0 Å². The first-order valence-electron chi connectivity index (χ1n) is 6.87. The quantitative estimate of drug-likeness (QED) is 0.926. The predicted octanol–water partition coefficient (Wildman–Crippen LogP) is 2.14. The summed E-state index contributed by atoms with van der Waals surface area (Å²) < 4.78 is 5.21. The Kier molecular flexibility index (Phi) is 6.99. The van der Waals surface area contributed by atoms with Crippen LogP contribution in [-0.2, 0) is 16.0 Å².